The molecule has 24 heavy (non-hydrogen) atoms. The van der Waals surface area contributed by atoms with Gasteiger partial charge in [0.15, 0.2) is 6.29 Å². The number of rotatable bonds is 3. The maximum atomic E-state index is 12.7. The van der Waals surface area contributed by atoms with Crippen molar-refractivity contribution in [2.24, 2.45) is 11.8 Å². The highest BCUT2D eigenvalue weighted by molar-refractivity contribution is 5.70. The number of ether oxygens (including phenoxy) is 4. The largest absolute Gasteiger partial charge is 0.444 e. The van der Waals surface area contributed by atoms with Gasteiger partial charge in [-0.25, -0.2) is 4.79 Å². The Bertz CT molecular complexity index is 467. The molecule has 0 unspecified atom stereocenters. The molecule has 138 valence electrons. The molecule has 0 bridgehead atoms. The summed E-state index contributed by atoms with van der Waals surface area (Å²) in [4.78, 5) is 14.5. The summed E-state index contributed by atoms with van der Waals surface area (Å²) in [6, 6.07) is 0.0726. The lowest BCUT2D eigenvalue weighted by Crippen LogP contribution is -2.50. The summed E-state index contributed by atoms with van der Waals surface area (Å²) >= 11 is 0. The van der Waals surface area contributed by atoms with Gasteiger partial charge in [-0.1, -0.05) is 0 Å². The molecule has 1 aliphatic carbocycles. The third-order valence-corrected chi connectivity index (χ3v) is 4.97. The van der Waals surface area contributed by atoms with Crippen LogP contribution in [0.1, 0.15) is 53.9 Å². The SMILES string of the molecule is CC(C)(C)OC(=O)N1[C@@H]([C@H]2C[C@@H]2CC2OCCCO2)COC1(C)C. The molecule has 1 saturated carbocycles. The molecule has 6 heteroatoms. The molecule has 0 aromatic rings. The summed E-state index contributed by atoms with van der Waals surface area (Å²) in [5.41, 5.74) is -1.13. The fraction of sp³-hybridized carbons (Fsp3) is 0.944. The van der Waals surface area contributed by atoms with Crippen molar-refractivity contribution in [3.63, 3.8) is 0 Å². The van der Waals surface area contributed by atoms with Gasteiger partial charge in [0.05, 0.1) is 25.9 Å². The fourth-order valence-electron chi connectivity index (χ4n) is 3.75. The molecule has 3 fully saturated rings. The van der Waals surface area contributed by atoms with Gasteiger partial charge < -0.3 is 18.9 Å². The molecule has 2 saturated heterocycles. The van der Waals surface area contributed by atoms with Gasteiger partial charge in [-0.3, -0.25) is 4.90 Å². The van der Waals surface area contributed by atoms with Crippen molar-refractivity contribution < 1.29 is 23.7 Å². The summed E-state index contributed by atoms with van der Waals surface area (Å²) < 4.78 is 22.8. The molecule has 3 aliphatic rings. The van der Waals surface area contributed by atoms with Crippen LogP contribution >= 0.6 is 0 Å². The zero-order chi connectivity index (χ0) is 17.5. The van der Waals surface area contributed by atoms with E-state index in [1.165, 1.54) is 0 Å². The number of hydrogen-bond donors (Lipinski definition) is 0. The Kier molecular flexibility index (Phi) is 4.84. The van der Waals surface area contributed by atoms with E-state index in [2.05, 4.69) is 0 Å². The van der Waals surface area contributed by atoms with Crippen molar-refractivity contribution >= 4 is 6.09 Å². The highest BCUT2D eigenvalue weighted by Gasteiger charge is 2.55. The zero-order valence-electron chi connectivity index (χ0n) is 15.5. The van der Waals surface area contributed by atoms with Crippen molar-refractivity contribution in [2.45, 2.75) is 77.5 Å². The molecule has 6 nitrogen and oxygen atoms in total. The van der Waals surface area contributed by atoms with Crippen molar-refractivity contribution in [3.8, 4) is 0 Å². The van der Waals surface area contributed by atoms with E-state index in [4.69, 9.17) is 18.9 Å². The smallest absolute Gasteiger partial charge is 0.412 e. The maximum absolute atomic E-state index is 12.7. The maximum Gasteiger partial charge on any atom is 0.412 e. The lowest BCUT2D eigenvalue weighted by molar-refractivity contribution is -0.183. The molecule has 3 rings (SSSR count). The molecular formula is C18H31NO5. The van der Waals surface area contributed by atoms with E-state index in [1.54, 1.807) is 4.90 Å². The van der Waals surface area contributed by atoms with Crippen molar-refractivity contribution in [1.29, 1.82) is 0 Å². The predicted octanol–water partition coefficient (Wildman–Crippen LogP) is 3.15. The lowest BCUT2D eigenvalue weighted by atomic mass is 10.1. The minimum atomic E-state index is -0.627. The molecule has 0 spiro atoms. The van der Waals surface area contributed by atoms with Gasteiger partial charge in [0.2, 0.25) is 0 Å². The Labute approximate surface area is 144 Å². The molecule has 2 aliphatic heterocycles. The third-order valence-electron chi connectivity index (χ3n) is 4.97. The second-order valence-electron chi connectivity index (χ2n) is 8.60. The summed E-state index contributed by atoms with van der Waals surface area (Å²) in [7, 11) is 0. The molecule has 1 amide bonds. The van der Waals surface area contributed by atoms with Crippen LogP contribution in [0.5, 0.6) is 0 Å². The Morgan fingerprint density at radius 3 is 2.54 bits per heavy atom. The zero-order valence-corrected chi connectivity index (χ0v) is 15.5. The number of carbonyl (C=O) groups is 1. The Morgan fingerprint density at radius 1 is 1.25 bits per heavy atom. The average Bonchev–Trinajstić information content (AvgIpc) is 3.13. The molecule has 0 aromatic carbocycles. The van der Waals surface area contributed by atoms with Crippen LogP contribution in [0.4, 0.5) is 4.79 Å². The van der Waals surface area contributed by atoms with Crippen molar-refractivity contribution in [1.82, 2.24) is 4.90 Å². The fourth-order valence-corrected chi connectivity index (χ4v) is 3.75. The summed E-state index contributed by atoms with van der Waals surface area (Å²) in [6.07, 6.45) is 2.60. The van der Waals surface area contributed by atoms with Crippen LogP contribution in [0.15, 0.2) is 0 Å². The lowest BCUT2D eigenvalue weighted by Gasteiger charge is -2.35. The second-order valence-corrected chi connectivity index (χ2v) is 8.60. The predicted molar refractivity (Wildman–Crippen MR) is 88.4 cm³/mol. The van der Waals surface area contributed by atoms with Gasteiger partial charge in [0.1, 0.15) is 11.3 Å². The quantitative estimate of drug-likeness (QED) is 0.789. The average molecular weight is 341 g/mol. The summed E-state index contributed by atoms with van der Waals surface area (Å²) in [6.45, 7) is 11.7. The normalized spacial score (nSPS) is 33.5. The van der Waals surface area contributed by atoms with E-state index >= 15 is 0 Å². The van der Waals surface area contributed by atoms with Gasteiger partial charge in [0, 0.05) is 6.42 Å². The molecular weight excluding hydrogens is 310 g/mol. The summed E-state index contributed by atoms with van der Waals surface area (Å²) in [5.74, 6) is 0.967. The molecule has 2 heterocycles. The number of nitrogens with zero attached hydrogens (tertiary/aromatic N) is 1. The van der Waals surface area contributed by atoms with Gasteiger partial charge in [-0.2, -0.15) is 0 Å². The van der Waals surface area contributed by atoms with Gasteiger partial charge in [-0.15, -0.1) is 0 Å². The van der Waals surface area contributed by atoms with Crippen LogP contribution in [0.2, 0.25) is 0 Å². The van der Waals surface area contributed by atoms with Crippen molar-refractivity contribution in [3.05, 3.63) is 0 Å². The van der Waals surface area contributed by atoms with E-state index in [-0.39, 0.29) is 18.4 Å². The Hall–Kier alpha value is -0.850. The van der Waals surface area contributed by atoms with Gasteiger partial charge in [-0.05, 0) is 59.3 Å². The Balaban J connectivity index is 1.61. The topological polar surface area (TPSA) is 57.2 Å². The monoisotopic (exact) mass is 341 g/mol. The standard InChI is InChI=1S/C18H31NO5/c1-17(2,3)24-16(20)19-14(11-23-18(19,4)5)13-9-12(13)10-15-21-7-6-8-22-15/h12-15H,6-11H2,1-5H3/t12-,13+,14-/m1/s1. The van der Waals surface area contributed by atoms with E-state index < -0.39 is 11.3 Å². The second kappa shape index (κ2) is 6.46. The minimum absolute atomic E-state index is 0.0726. The first-order chi connectivity index (χ1) is 11.2. The van der Waals surface area contributed by atoms with E-state index in [9.17, 15) is 4.79 Å². The first-order valence-electron chi connectivity index (χ1n) is 9.07. The molecule has 3 atom stereocenters. The van der Waals surface area contributed by atoms with E-state index in [0.29, 0.717) is 18.4 Å². The van der Waals surface area contributed by atoms with Gasteiger partial charge >= 0.3 is 6.09 Å². The highest BCUT2D eigenvalue weighted by atomic mass is 16.7. The van der Waals surface area contributed by atoms with E-state index in [0.717, 1.165) is 32.5 Å². The number of carbonyl (C=O) groups excluding carboxylic acids is 1. The van der Waals surface area contributed by atoms with Crippen LogP contribution in [0.25, 0.3) is 0 Å². The van der Waals surface area contributed by atoms with Crippen LogP contribution in [-0.2, 0) is 18.9 Å². The van der Waals surface area contributed by atoms with Crippen molar-refractivity contribution in [2.75, 3.05) is 19.8 Å². The van der Waals surface area contributed by atoms with Crippen LogP contribution in [0, 0.1) is 11.8 Å². The van der Waals surface area contributed by atoms with Crippen LogP contribution < -0.4 is 0 Å². The molecule has 0 radical (unpaired) electrons. The Morgan fingerprint density at radius 2 is 1.92 bits per heavy atom. The first-order valence-corrected chi connectivity index (χ1v) is 9.07. The highest BCUT2D eigenvalue weighted by Crippen LogP contribution is 2.50. The first kappa shape index (κ1) is 18.0. The third kappa shape index (κ3) is 4.03. The van der Waals surface area contributed by atoms with Crippen LogP contribution in [0.3, 0.4) is 0 Å². The van der Waals surface area contributed by atoms with Gasteiger partial charge in [0.25, 0.3) is 0 Å². The number of amides is 1. The van der Waals surface area contributed by atoms with Crippen LogP contribution in [-0.4, -0.2) is 54.5 Å². The summed E-state index contributed by atoms with van der Waals surface area (Å²) in [5, 5.41) is 0. The molecule has 0 aromatic heterocycles. The minimum Gasteiger partial charge on any atom is -0.444 e. The molecule has 0 N–H and O–H groups in total. The number of hydrogen-bond acceptors (Lipinski definition) is 5. The van der Waals surface area contributed by atoms with E-state index in [1.807, 2.05) is 34.6 Å².